The van der Waals surface area contributed by atoms with E-state index in [0.717, 1.165) is 19.5 Å². The molecule has 0 saturated heterocycles. The number of hydrogen-bond acceptors (Lipinski definition) is 2. The van der Waals surface area contributed by atoms with Crippen LogP contribution in [0.4, 0.5) is 0 Å². The molecule has 2 nitrogen and oxygen atoms in total. The lowest BCUT2D eigenvalue weighted by Crippen LogP contribution is -2.24. The van der Waals surface area contributed by atoms with E-state index in [9.17, 15) is 0 Å². The summed E-state index contributed by atoms with van der Waals surface area (Å²) >= 11 is 0. The topological polar surface area (TPSA) is 12.5 Å². The second-order valence-electron chi connectivity index (χ2n) is 5.74. The molecular weight excluding hydrogens is 294 g/mol. The van der Waals surface area contributed by atoms with Crippen LogP contribution in [0.15, 0.2) is 84.9 Å². The molecule has 1 radical (unpaired) electrons. The minimum atomic E-state index is 0.653. The van der Waals surface area contributed by atoms with Crippen molar-refractivity contribution in [2.24, 2.45) is 0 Å². The smallest absolute Gasteiger partial charge is 0.0725 e. The number of rotatable bonds is 8. The molecule has 0 heterocycles. The molecule has 3 aromatic rings. The Morgan fingerprint density at radius 1 is 0.708 bits per heavy atom. The van der Waals surface area contributed by atoms with Crippen molar-refractivity contribution in [2.75, 3.05) is 6.61 Å². The maximum Gasteiger partial charge on any atom is 0.0725 e. The summed E-state index contributed by atoms with van der Waals surface area (Å²) in [6, 6.07) is 32.2. The van der Waals surface area contributed by atoms with Crippen molar-refractivity contribution < 1.29 is 4.84 Å². The Balaban J connectivity index is 1.60. The van der Waals surface area contributed by atoms with Crippen molar-refractivity contribution in [1.82, 2.24) is 5.06 Å². The van der Waals surface area contributed by atoms with E-state index in [2.05, 4.69) is 60.7 Å². The summed E-state index contributed by atoms with van der Waals surface area (Å²) in [4.78, 5) is 6.07. The second-order valence-corrected chi connectivity index (χ2v) is 5.74. The lowest BCUT2D eigenvalue weighted by molar-refractivity contribution is -0.173. The van der Waals surface area contributed by atoms with E-state index in [1.54, 1.807) is 0 Å². The van der Waals surface area contributed by atoms with Gasteiger partial charge >= 0.3 is 0 Å². The van der Waals surface area contributed by atoms with Crippen molar-refractivity contribution >= 4 is 0 Å². The van der Waals surface area contributed by atoms with Gasteiger partial charge in [0.1, 0.15) is 0 Å². The highest BCUT2D eigenvalue weighted by Crippen LogP contribution is 2.11. The Morgan fingerprint density at radius 2 is 1.29 bits per heavy atom. The fourth-order valence-electron chi connectivity index (χ4n) is 2.59. The summed E-state index contributed by atoms with van der Waals surface area (Å²) in [7, 11) is 0. The molecule has 0 atom stereocenters. The summed E-state index contributed by atoms with van der Waals surface area (Å²) in [6.07, 6.45) is 0.862. The monoisotopic (exact) mass is 316 g/mol. The van der Waals surface area contributed by atoms with E-state index in [4.69, 9.17) is 4.84 Å². The quantitative estimate of drug-likeness (QED) is 0.560. The van der Waals surface area contributed by atoms with E-state index in [0.29, 0.717) is 6.61 Å². The molecule has 0 fully saturated rings. The van der Waals surface area contributed by atoms with Gasteiger partial charge < -0.3 is 0 Å². The predicted molar refractivity (Wildman–Crippen MR) is 97.1 cm³/mol. The number of hydrogen-bond donors (Lipinski definition) is 0. The van der Waals surface area contributed by atoms with Crippen LogP contribution in [0, 0.1) is 6.07 Å². The zero-order valence-electron chi connectivity index (χ0n) is 13.8. The third-order valence-corrected chi connectivity index (χ3v) is 3.82. The molecule has 0 bridgehead atoms. The van der Waals surface area contributed by atoms with E-state index >= 15 is 0 Å². The minimum absolute atomic E-state index is 0.653. The van der Waals surface area contributed by atoms with Crippen LogP contribution in [0.3, 0.4) is 0 Å². The SMILES string of the molecule is [c]1ccccc1CCON(Cc1ccccc1)Cc1ccccc1. The predicted octanol–water partition coefficient (Wildman–Crippen LogP) is 4.66. The second kappa shape index (κ2) is 9.02. The van der Waals surface area contributed by atoms with Gasteiger partial charge in [-0.1, -0.05) is 84.9 Å². The maximum absolute atomic E-state index is 6.07. The number of hydroxylamine groups is 2. The molecule has 0 N–H and O–H groups in total. The molecule has 0 saturated carbocycles. The van der Waals surface area contributed by atoms with Gasteiger partial charge in [0.15, 0.2) is 0 Å². The fraction of sp³-hybridized carbons (Fsp3) is 0.182. The van der Waals surface area contributed by atoms with Gasteiger partial charge in [-0.3, -0.25) is 4.84 Å². The first-order valence-electron chi connectivity index (χ1n) is 8.31. The third kappa shape index (κ3) is 5.34. The van der Waals surface area contributed by atoms with Crippen LogP contribution < -0.4 is 0 Å². The standard InChI is InChI=1S/C22H22NO/c1-4-10-20(11-5-1)16-17-24-23(18-21-12-6-2-7-13-21)19-22-14-8-3-9-15-22/h1-10,12-15H,16-19H2. The van der Waals surface area contributed by atoms with Crippen LogP contribution in [0.5, 0.6) is 0 Å². The van der Waals surface area contributed by atoms with Gasteiger partial charge in [-0.05, 0) is 29.2 Å². The zero-order valence-corrected chi connectivity index (χ0v) is 13.8. The average Bonchev–Trinajstić information content (AvgIpc) is 2.64. The molecule has 0 aliphatic heterocycles. The lowest BCUT2D eigenvalue weighted by Gasteiger charge is -2.22. The van der Waals surface area contributed by atoms with Crippen molar-refractivity contribution in [2.45, 2.75) is 19.5 Å². The van der Waals surface area contributed by atoms with E-state index in [1.165, 1.54) is 16.7 Å². The molecule has 2 heteroatoms. The Hall–Kier alpha value is -2.42. The summed E-state index contributed by atoms with van der Waals surface area (Å²) in [5.74, 6) is 0. The molecule has 0 aromatic heterocycles. The highest BCUT2D eigenvalue weighted by molar-refractivity contribution is 5.16. The van der Waals surface area contributed by atoms with Gasteiger partial charge in [0.05, 0.1) is 6.61 Å². The first-order valence-corrected chi connectivity index (χ1v) is 8.31. The van der Waals surface area contributed by atoms with Gasteiger partial charge in [-0.25, -0.2) is 0 Å². The molecule has 0 aliphatic rings. The van der Waals surface area contributed by atoms with Crippen LogP contribution >= 0.6 is 0 Å². The molecule has 121 valence electrons. The van der Waals surface area contributed by atoms with Crippen molar-refractivity contribution in [1.29, 1.82) is 0 Å². The average molecular weight is 316 g/mol. The molecule has 3 aromatic carbocycles. The normalized spacial score (nSPS) is 10.9. The van der Waals surface area contributed by atoms with Crippen molar-refractivity contribution in [3.8, 4) is 0 Å². The lowest BCUT2D eigenvalue weighted by atomic mass is 10.2. The summed E-state index contributed by atoms with van der Waals surface area (Å²) in [5, 5.41) is 2.04. The van der Waals surface area contributed by atoms with Crippen LogP contribution in [0.1, 0.15) is 16.7 Å². The molecule has 24 heavy (non-hydrogen) atoms. The van der Waals surface area contributed by atoms with Crippen LogP contribution in [0.2, 0.25) is 0 Å². The van der Waals surface area contributed by atoms with E-state index in [-0.39, 0.29) is 0 Å². The van der Waals surface area contributed by atoms with E-state index < -0.39 is 0 Å². The van der Waals surface area contributed by atoms with E-state index in [1.807, 2.05) is 35.4 Å². The Bertz CT molecular complexity index is 656. The molecule has 0 amide bonds. The third-order valence-electron chi connectivity index (χ3n) is 3.82. The summed E-state index contributed by atoms with van der Waals surface area (Å²) < 4.78 is 0. The first kappa shape index (κ1) is 16.4. The highest BCUT2D eigenvalue weighted by atomic mass is 16.7. The highest BCUT2D eigenvalue weighted by Gasteiger charge is 2.08. The largest absolute Gasteiger partial charge is 0.298 e. The molecular formula is C22H22NO. The number of nitrogens with zero attached hydrogens (tertiary/aromatic N) is 1. The molecule has 3 rings (SSSR count). The van der Waals surface area contributed by atoms with Gasteiger partial charge in [0.25, 0.3) is 0 Å². The maximum atomic E-state index is 6.07. The van der Waals surface area contributed by atoms with Gasteiger partial charge in [-0.2, -0.15) is 5.06 Å². The molecule has 0 spiro atoms. The summed E-state index contributed by atoms with van der Waals surface area (Å²) in [5.41, 5.74) is 3.68. The fourth-order valence-corrected chi connectivity index (χ4v) is 2.59. The van der Waals surface area contributed by atoms with Gasteiger partial charge in [-0.15, -0.1) is 0 Å². The Morgan fingerprint density at radius 3 is 1.83 bits per heavy atom. The van der Waals surface area contributed by atoms with Gasteiger partial charge in [0, 0.05) is 13.1 Å². The minimum Gasteiger partial charge on any atom is -0.298 e. The number of benzene rings is 3. The molecule has 0 aliphatic carbocycles. The Labute approximate surface area is 144 Å². The van der Waals surface area contributed by atoms with Crippen molar-refractivity contribution in [3.05, 3.63) is 108 Å². The van der Waals surface area contributed by atoms with Crippen molar-refractivity contribution in [3.63, 3.8) is 0 Å². The summed E-state index contributed by atoms with van der Waals surface area (Å²) in [6.45, 7) is 2.20. The van der Waals surface area contributed by atoms with Crippen LogP contribution in [-0.4, -0.2) is 11.7 Å². The first-order chi connectivity index (χ1) is 11.9. The Kier molecular flexibility index (Phi) is 6.18. The van der Waals surface area contributed by atoms with Crippen LogP contribution in [0.25, 0.3) is 0 Å². The van der Waals surface area contributed by atoms with Crippen LogP contribution in [-0.2, 0) is 24.3 Å². The molecule has 0 unspecified atom stereocenters. The zero-order chi connectivity index (χ0) is 16.5. The van der Waals surface area contributed by atoms with Gasteiger partial charge in [0.2, 0.25) is 0 Å².